The highest BCUT2D eigenvalue weighted by atomic mass is 16.6. The van der Waals surface area contributed by atoms with Gasteiger partial charge in [-0.2, -0.15) is 0 Å². The van der Waals surface area contributed by atoms with Crippen molar-refractivity contribution < 1.29 is 4.92 Å². The Morgan fingerprint density at radius 2 is 2.33 bits per heavy atom. The maximum Gasteiger partial charge on any atom is 0.265 e. The van der Waals surface area contributed by atoms with E-state index in [0.717, 1.165) is 6.42 Å². The van der Waals surface area contributed by atoms with Crippen LogP contribution in [0.15, 0.2) is 23.9 Å². The minimum Gasteiger partial charge on any atom is -0.258 e. The molecule has 0 aliphatic heterocycles. The van der Waals surface area contributed by atoms with E-state index in [-0.39, 0.29) is 10.6 Å². The molecule has 0 saturated heterocycles. The smallest absolute Gasteiger partial charge is 0.258 e. The lowest BCUT2D eigenvalue weighted by Crippen LogP contribution is -2.09. The van der Waals surface area contributed by atoms with Gasteiger partial charge in [-0.3, -0.25) is 10.1 Å². The fourth-order valence-corrected chi connectivity index (χ4v) is 1.26. The van der Waals surface area contributed by atoms with Crippen LogP contribution in [0.4, 0.5) is 0 Å². The maximum absolute atomic E-state index is 10.3. The van der Waals surface area contributed by atoms with Gasteiger partial charge >= 0.3 is 0 Å². The number of rotatable bonds is 2. The van der Waals surface area contributed by atoms with Gasteiger partial charge in [0.1, 0.15) is 0 Å². The van der Waals surface area contributed by atoms with Crippen molar-refractivity contribution >= 4 is 0 Å². The molecule has 0 heterocycles. The number of nitrogens with zero attached hydrogens (tertiary/aromatic N) is 1. The lowest BCUT2D eigenvalue weighted by Gasteiger charge is -2.16. The molecular formula is C9H13NO2. The van der Waals surface area contributed by atoms with Gasteiger partial charge < -0.3 is 0 Å². The summed E-state index contributed by atoms with van der Waals surface area (Å²) in [7, 11) is 0. The summed E-state index contributed by atoms with van der Waals surface area (Å²) in [4.78, 5) is 9.98. The summed E-state index contributed by atoms with van der Waals surface area (Å²) in [6.07, 6.45) is 6.03. The van der Waals surface area contributed by atoms with Crippen LogP contribution in [0.5, 0.6) is 0 Å². The van der Waals surface area contributed by atoms with E-state index in [0.29, 0.717) is 11.8 Å². The van der Waals surface area contributed by atoms with Crippen molar-refractivity contribution in [2.75, 3.05) is 0 Å². The first kappa shape index (κ1) is 8.97. The third-order valence-electron chi connectivity index (χ3n) is 2.18. The highest BCUT2D eigenvalue weighted by Gasteiger charge is 2.16. The minimum atomic E-state index is -0.340. The van der Waals surface area contributed by atoms with Crippen LogP contribution in [0.25, 0.3) is 0 Å². The average Bonchev–Trinajstić information content (AvgIpc) is 2.04. The molecule has 1 aliphatic rings. The van der Waals surface area contributed by atoms with E-state index >= 15 is 0 Å². The highest BCUT2D eigenvalue weighted by Crippen LogP contribution is 2.23. The summed E-state index contributed by atoms with van der Waals surface area (Å²) < 4.78 is 0. The number of nitro groups is 1. The molecule has 0 fully saturated rings. The highest BCUT2D eigenvalue weighted by molar-refractivity contribution is 5.17. The van der Waals surface area contributed by atoms with Crippen LogP contribution in [-0.2, 0) is 0 Å². The standard InChI is InChI=1S/C9H13NO2/c1-7(2)8-3-5-9(6-4-8)10(11)12/h3,5-8H,4H2,1-2H3. The van der Waals surface area contributed by atoms with Gasteiger partial charge in [0.05, 0.1) is 4.92 Å². The van der Waals surface area contributed by atoms with Crippen LogP contribution in [0.1, 0.15) is 20.3 Å². The quantitative estimate of drug-likeness (QED) is 0.468. The van der Waals surface area contributed by atoms with E-state index in [2.05, 4.69) is 13.8 Å². The molecule has 1 aliphatic carbocycles. The second-order valence-corrected chi connectivity index (χ2v) is 3.39. The fourth-order valence-electron chi connectivity index (χ4n) is 1.26. The molecule has 3 nitrogen and oxygen atoms in total. The largest absolute Gasteiger partial charge is 0.265 e. The monoisotopic (exact) mass is 167 g/mol. The Balaban J connectivity index is 2.61. The molecule has 0 aromatic carbocycles. The van der Waals surface area contributed by atoms with Crippen molar-refractivity contribution in [3.05, 3.63) is 34.0 Å². The van der Waals surface area contributed by atoms with Gasteiger partial charge in [0, 0.05) is 6.08 Å². The molecule has 0 amide bonds. The van der Waals surface area contributed by atoms with Gasteiger partial charge in [-0.15, -0.1) is 0 Å². The van der Waals surface area contributed by atoms with Crippen LogP contribution in [-0.4, -0.2) is 4.92 Å². The Kier molecular flexibility index (Phi) is 2.63. The molecule has 0 spiro atoms. The van der Waals surface area contributed by atoms with Crippen LogP contribution >= 0.6 is 0 Å². The first-order valence-corrected chi connectivity index (χ1v) is 4.14. The number of hydrogen-bond acceptors (Lipinski definition) is 2. The average molecular weight is 167 g/mol. The predicted molar refractivity (Wildman–Crippen MR) is 47.2 cm³/mol. The topological polar surface area (TPSA) is 43.1 Å². The van der Waals surface area contributed by atoms with E-state index in [4.69, 9.17) is 0 Å². The second-order valence-electron chi connectivity index (χ2n) is 3.39. The Bertz CT molecular complexity index is 241. The molecule has 0 N–H and O–H groups in total. The maximum atomic E-state index is 10.3. The van der Waals surface area contributed by atoms with Crippen LogP contribution in [0, 0.1) is 22.0 Å². The van der Waals surface area contributed by atoms with E-state index in [1.165, 1.54) is 0 Å². The SMILES string of the molecule is CC(C)C1C=CC([N+](=O)[O-])=CC1. The molecule has 3 heteroatoms. The first-order chi connectivity index (χ1) is 5.61. The Morgan fingerprint density at radius 1 is 1.67 bits per heavy atom. The molecule has 12 heavy (non-hydrogen) atoms. The Morgan fingerprint density at radius 3 is 2.67 bits per heavy atom. The Labute approximate surface area is 71.9 Å². The van der Waals surface area contributed by atoms with Gasteiger partial charge in [-0.05, 0) is 24.3 Å². The van der Waals surface area contributed by atoms with E-state index in [1.54, 1.807) is 12.2 Å². The first-order valence-electron chi connectivity index (χ1n) is 4.14. The molecule has 66 valence electrons. The molecular weight excluding hydrogens is 154 g/mol. The second kappa shape index (κ2) is 3.52. The van der Waals surface area contributed by atoms with Crippen molar-refractivity contribution in [3.8, 4) is 0 Å². The van der Waals surface area contributed by atoms with Crippen LogP contribution < -0.4 is 0 Å². The van der Waals surface area contributed by atoms with Crippen LogP contribution in [0.2, 0.25) is 0 Å². The summed E-state index contributed by atoms with van der Waals surface area (Å²) in [5.74, 6) is 1.03. The van der Waals surface area contributed by atoms with Gasteiger partial charge in [-0.1, -0.05) is 19.9 Å². The zero-order valence-electron chi connectivity index (χ0n) is 7.36. The van der Waals surface area contributed by atoms with E-state index in [9.17, 15) is 10.1 Å². The molecule has 0 aromatic heterocycles. The summed E-state index contributed by atoms with van der Waals surface area (Å²) in [6.45, 7) is 4.25. The van der Waals surface area contributed by atoms with Gasteiger partial charge in [0.15, 0.2) is 0 Å². The zero-order chi connectivity index (χ0) is 9.14. The lowest BCUT2D eigenvalue weighted by atomic mass is 9.89. The normalized spacial score (nSPS) is 22.6. The van der Waals surface area contributed by atoms with Crippen LogP contribution in [0.3, 0.4) is 0 Å². The fraction of sp³-hybridized carbons (Fsp3) is 0.556. The molecule has 0 bridgehead atoms. The third kappa shape index (κ3) is 1.94. The predicted octanol–water partition coefficient (Wildman–Crippen LogP) is 2.38. The van der Waals surface area contributed by atoms with Crippen molar-refractivity contribution in [3.63, 3.8) is 0 Å². The van der Waals surface area contributed by atoms with Gasteiger partial charge in [0.25, 0.3) is 5.70 Å². The molecule has 0 saturated carbocycles. The Hall–Kier alpha value is -1.12. The van der Waals surface area contributed by atoms with E-state index < -0.39 is 0 Å². The van der Waals surface area contributed by atoms with Crippen molar-refractivity contribution in [1.82, 2.24) is 0 Å². The summed E-state index contributed by atoms with van der Waals surface area (Å²) >= 11 is 0. The lowest BCUT2D eigenvalue weighted by molar-refractivity contribution is -0.419. The number of hydrogen-bond donors (Lipinski definition) is 0. The molecule has 1 atom stereocenters. The van der Waals surface area contributed by atoms with Crippen molar-refractivity contribution in [1.29, 1.82) is 0 Å². The molecule has 0 aromatic rings. The minimum absolute atomic E-state index is 0.229. The third-order valence-corrected chi connectivity index (χ3v) is 2.18. The molecule has 1 rings (SSSR count). The van der Waals surface area contributed by atoms with Crippen molar-refractivity contribution in [2.45, 2.75) is 20.3 Å². The van der Waals surface area contributed by atoms with Gasteiger partial charge in [0.2, 0.25) is 0 Å². The summed E-state index contributed by atoms with van der Waals surface area (Å²) in [5.41, 5.74) is 0.229. The number of allylic oxidation sites excluding steroid dienone is 3. The summed E-state index contributed by atoms with van der Waals surface area (Å²) in [6, 6.07) is 0. The zero-order valence-corrected chi connectivity index (χ0v) is 7.36. The van der Waals surface area contributed by atoms with Crippen molar-refractivity contribution in [2.24, 2.45) is 11.8 Å². The molecule has 1 unspecified atom stereocenters. The van der Waals surface area contributed by atoms with E-state index in [1.807, 2.05) is 6.08 Å². The van der Waals surface area contributed by atoms with Gasteiger partial charge in [-0.25, -0.2) is 0 Å². The molecule has 0 radical (unpaired) electrons. The summed E-state index contributed by atoms with van der Waals surface area (Å²) in [5, 5.41) is 10.3.